The van der Waals surface area contributed by atoms with E-state index in [1.54, 1.807) is 17.5 Å². The van der Waals surface area contributed by atoms with Crippen molar-refractivity contribution in [2.24, 2.45) is 0 Å². The van der Waals surface area contributed by atoms with E-state index in [0.717, 1.165) is 34.4 Å². The molecule has 0 radical (unpaired) electrons. The SMILES string of the molecule is CCNCc1nnc(-c2cnoc2C)s1. The maximum atomic E-state index is 4.98. The highest BCUT2D eigenvalue weighted by Crippen LogP contribution is 2.25. The number of aryl methyl sites for hydroxylation is 1. The molecule has 0 aromatic carbocycles. The van der Waals surface area contributed by atoms with Crippen LogP contribution < -0.4 is 5.32 Å². The van der Waals surface area contributed by atoms with E-state index in [1.807, 2.05) is 6.92 Å². The maximum Gasteiger partial charge on any atom is 0.153 e. The summed E-state index contributed by atoms with van der Waals surface area (Å²) in [5.41, 5.74) is 0.926. The standard InChI is InChI=1S/C9H12N4OS/c1-3-10-5-8-12-13-9(15-8)7-4-11-14-6(7)2/h4,10H,3,5H2,1-2H3. The molecule has 2 aromatic rings. The molecule has 0 aliphatic heterocycles. The second-order valence-corrected chi connectivity index (χ2v) is 4.14. The van der Waals surface area contributed by atoms with Crippen LogP contribution in [-0.2, 0) is 6.54 Å². The molecule has 0 saturated heterocycles. The molecule has 2 aromatic heterocycles. The Balaban J connectivity index is 2.17. The molecule has 0 amide bonds. The molecular weight excluding hydrogens is 212 g/mol. The van der Waals surface area contributed by atoms with Crippen molar-refractivity contribution in [1.29, 1.82) is 0 Å². The summed E-state index contributed by atoms with van der Waals surface area (Å²) in [6, 6.07) is 0. The van der Waals surface area contributed by atoms with Crippen LogP contribution in [0.4, 0.5) is 0 Å². The second kappa shape index (κ2) is 4.50. The Bertz CT molecular complexity index is 437. The lowest BCUT2D eigenvalue weighted by molar-refractivity contribution is 0.398. The third-order valence-electron chi connectivity index (χ3n) is 1.97. The number of nitrogens with zero attached hydrogens (tertiary/aromatic N) is 3. The van der Waals surface area contributed by atoms with Gasteiger partial charge in [-0.15, -0.1) is 10.2 Å². The summed E-state index contributed by atoms with van der Waals surface area (Å²) in [5.74, 6) is 0.779. The van der Waals surface area contributed by atoms with Crippen LogP contribution in [-0.4, -0.2) is 21.9 Å². The molecule has 0 unspecified atom stereocenters. The van der Waals surface area contributed by atoms with Crippen molar-refractivity contribution in [2.75, 3.05) is 6.54 Å². The Hall–Kier alpha value is -1.27. The molecule has 6 heteroatoms. The maximum absolute atomic E-state index is 4.98. The van der Waals surface area contributed by atoms with Crippen LogP contribution in [0.25, 0.3) is 10.6 Å². The van der Waals surface area contributed by atoms with E-state index in [9.17, 15) is 0 Å². The van der Waals surface area contributed by atoms with E-state index < -0.39 is 0 Å². The van der Waals surface area contributed by atoms with Gasteiger partial charge in [-0.05, 0) is 13.5 Å². The highest BCUT2D eigenvalue weighted by Gasteiger charge is 2.11. The van der Waals surface area contributed by atoms with E-state index in [-0.39, 0.29) is 0 Å². The Morgan fingerprint density at radius 2 is 2.33 bits per heavy atom. The van der Waals surface area contributed by atoms with Gasteiger partial charge in [-0.3, -0.25) is 0 Å². The molecule has 0 aliphatic rings. The Labute approximate surface area is 91.5 Å². The first-order chi connectivity index (χ1) is 7.31. The highest BCUT2D eigenvalue weighted by molar-refractivity contribution is 7.14. The molecule has 1 N–H and O–H groups in total. The van der Waals surface area contributed by atoms with Gasteiger partial charge in [0.2, 0.25) is 0 Å². The molecule has 0 spiro atoms. The van der Waals surface area contributed by atoms with Crippen molar-refractivity contribution in [3.8, 4) is 10.6 Å². The number of nitrogens with one attached hydrogen (secondary N) is 1. The van der Waals surface area contributed by atoms with E-state index in [1.165, 1.54) is 0 Å². The Morgan fingerprint density at radius 3 is 3.00 bits per heavy atom. The summed E-state index contributed by atoms with van der Waals surface area (Å²) in [4.78, 5) is 0. The quantitative estimate of drug-likeness (QED) is 0.854. The normalized spacial score (nSPS) is 10.8. The van der Waals surface area contributed by atoms with Gasteiger partial charge in [0.25, 0.3) is 0 Å². The zero-order valence-corrected chi connectivity index (χ0v) is 9.47. The predicted octanol–water partition coefficient (Wildman–Crippen LogP) is 1.61. The molecule has 2 rings (SSSR count). The molecule has 5 nitrogen and oxygen atoms in total. The molecule has 0 saturated carbocycles. The zero-order valence-electron chi connectivity index (χ0n) is 8.65. The third kappa shape index (κ3) is 2.21. The summed E-state index contributed by atoms with van der Waals surface area (Å²) in [6.45, 7) is 5.62. The van der Waals surface area contributed by atoms with E-state index >= 15 is 0 Å². The van der Waals surface area contributed by atoms with Crippen LogP contribution in [0.2, 0.25) is 0 Å². The minimum absolute atomic E-state index is 0.762. The van der Waals surface area contributed by atoms with Gasteiger partial charge >= 0.3 is 0 Å². The van der Waals surface area contributed by atoms with Crippen molar-refractivity contribution in [2.45, 2.75) is 20.4 Å². The van der Waals surface area contributed by atoms with Crippen LogP contribution in [0.5, 0.6) is 0 Å². The van der Waals surface area contributed by atoms with E-state index in [4.69, 9.17) is 4.52 Å². The van der Waals surface area contributed by atoms with Gasteiger partial charge in [-0.25, -0.2) is 0 Å². The number of hydrogen-bond acceptors (Lipinski definition) is 6. The topological polar surface area (TPSA) is 63.8 Å². The van der Waals surface area contributed by atoms with Crippen molar-refractivity contribution >= 4 is 11.3 Å². The Kier molecular flexibility index (Phi) is 3.08. The average molecular weight is 224 g/mol. The van der Waals surface area contributed by atoms with E-state index in [2.05, 4.69) is 27.6 Å². The van der Waals surface area contributed by atoms with Crippen LogP contribution in [0.3, 0.4) is 0 Å². The van der Waals surface area contributed by atoms with Crippen molar-refractivity contribution in [1.82, 2.24) is 20.7 Å². The molecule has 0 atom stereocenters. The second-order valence-electron chi connectivity index (χ2n) is 3.08. The summed E-state index contributed by atoms with van der Waals surface area (Å²) in [7, 11) is 0. The molecule has 2 heterocycles. The van der Waals surface area contributed by atoms with Gasteiger partial charge in [0.1, 0.15) is 10.8 Å². The minimum Gasteiger partial charge on any atom is -0.361 e. The molecular formula is C9H12N4OS. The molecule has 80 valence electrons. The van der Waals surface area contributed by atoms with Crippen molar-refractivity contribution in [3.63, 3.8) is 0 Å². The smallest absolute Gasteiger partial charge is 0.153 e. The van der Waals surface area contributed by atoms with Gasteiger partial charge in [0.05, 0.1) is 11.8 Å². The van der Waals surface area contributed by atoms with E-state index in [0.29, 0.717) is 0 Å². The summed E-state index contributed by atoms with van der Waals surface area (Å²) >= 11 is 1.56. The van der Waals surface area contributed by atoms with Gasteiger partial charge < -0.3 is 9.84 Å². The number of aromatic nitrogens is 3. The lowest BCUT2D eigenvalue weighted by Gasteiger charge is -1.93. The molecule has 0 fully saturated rings. The summed E-state index contributed by atoms with van der Waals surface area (Å²) in [5, 5.41) is 17.0. The fraction of sp³-hybridized carbons (Fsp3) is 0.444. The van der Waals surface area contributed by atoms with Gasteiger partial charge in [0.15, 0.2) is 5.01 Å². The van der Waals surface area contributed by atoms with Crippen molar-refractivity contribution in [3.05, 3.63) is 17.0 Å². The summed E-state index contributed by atoms with van der Waals surface area (Å²) < 4.78 is 4.98. The van der Waals surface area contributed by atoms with Gasteiger partial charge in [-0.2, -0.15) is 0 Å². The van der Waals surface area contributed by atoms with Crippen LogP contribution >= 0.6 is 11.3 Å². The number of hydrogen-bond donors (Lipinski definition) is 1. The third-order valence-corrected chi connectivity index (χ3v) is 2.93. The first-order valence-corrected chi connectivity index (χ1v) is 5.57. The molecule has 0 bridgehead atoms. The highest BCUT2D eigenvalue weighted by atomic mass is 32.1. The molecule has 0 aliphatic carbocycles. The number of rotatable bonds is 4. The van der Waals surface area contributed by atoms with Crippen LogP contribution in [0.1, 0.15) is 17.7 Å². The zero-order chi connectivity index (χ0) is 10.7. The fourth-order valence-corrected chi connectivity index (χ4v) is 2.04. The first kappa shape index (κ1) is 10.3. The fourth-order valence-electron chi connectivity index (χ4n) is 1.17. The lowest BCUT2D eigenvalue weighted by atomic mass is 10.3. The molecule has 15 heavy (non-hydrogen) atoms. The van der Waals surface area contributed by atoms with Gasteiger partial charge in [0, 0.05) is 6.54 Å². The lowest BCUT2D eigenvalue weighted by Crippen LogP contribution is -2.11. The monoisotopic (exact) mass is 224 g/mol. The average Bonchev–Trinajstić information content (AvgIpc) is 2.83. The Morgan fingerprint density at radius 1 is 1.47 bits per heavy atom. The van der Waals surface area contributed by atoms with Crippen LogP contribution in [0.15, 0.2) is 10.7 Å². The largest absolute Gasteiger partial charge is 0.361 e. The van der Waals surface area contributed by atoms with Crippen molar-refractivity contribution < 1.29 is 4.52 Å². The summed E-state index contributed by atoms with van der Waals surface area (Å²) in [6.07, 6.45) is 1.67. The van der Waals surface area contributed by atoms with Gasteiger partial charge in [-0.1, -0.05) is 23.4 Å². The predicted molar refractivity (Wildman–Crippen MR) is 57.5 cm³/mol. The minimum atomic E-state index is 0.762. The van der Waals surface area contributed by atoms with Crippen LogP contribution in [0, 0.1) is 6.92 Å². The first-order valence-electron chi connectivity index (χ1n) is 4.76.